The molecule has 0 fully saturated rings. The summed E-state index contributed by atoms with van der Waals surface area (Å²) in [5, 5.41) is 0. The SMILES string of the molecule is C#CCC(/C=C\C=C)=C(C)\C=C/C. The van der Waals surface area contributed by atoms with E-state index < -0.39 is 0 Å². The predicted molar refractivity (Wildman–Crippen MR) is 60.3 cm³/mol. The van der Waals surface area contributed by atoms with Gasteiger partial charge in [-0.15, -0.1) is 12.3 Å². The second kappa shape index (κ2) is 7.18. The van der Waals surface area contributed by atoms with E-state index in [4.69, 9.17) is 6.42 Å². The van der Waals surface area contributed by atoms with Crippen molar-refractivity contribution < 1.29 is 0 Å². The van der Waals surface area contributed by atoms with Crippen LogP contribution < -0.4 is 0 Å². The Hall–Kier alpha value is -1.48. The molecule has 0 aliphatic carbocycles. The number of rotatable bonds is 4. The first-order valence-electron chi connectivity index (χ1n) is 4.31. The van der Waals surface area contributed by atoms with Crippen LogP contribution in [0, 0.1) is 12.3 Å². The number of hydrogen-bond acceptors (Lipinski definition) is 0. The van der Waals surface area contributed by atoms with Crippen molar-refractivity contribution in [1.29, 1.82) is 0 Å². The molecule has 0 heteroatoms. The summed E-state index contributed by atoms with van der Waals surface area (Å²) in [6, 6.07) is 0. The highest BCUT2D eigenvalue weighted by Gasteiger charge is 1.92. The summed E-state index contributed by atoms with van der Waals surface area (Å²) in [7, 11) is 0. The molecule has 0 bridgehead atoms. The molecule has 0 saturated heterocycles. The molecule has 0 aliphatic heterocycles. The van der Waals surface area contributed by atoms with E-state index in [1.807, 2.05) is 25.2 Å². The molecule has 0 saturated carbocycles. The fraction of sp³-hybridized carbons (Fsp3) is 0.231. The van der Waals surface area contributed by atoms with Crippen molar-refractivity contribution in [2.24, 2.45) is 0 Å². The van der Waals surface area contributed by atoms with Crippen LogP contribution in [0.5, 0.6) is 0 Å². The lowest BCUT2D eigenvalue weighted by atomic mass is 10.1. The van der Waals surface area contributed by atoms with E-state index >= 15 is 0 Å². The van der Waals surface area contributed by atoms with Crippen LogP contribution in [0.1, 0.15) is 20.3 Å². The Morgan fingerprint density at radius 3 is 2.62 bits per heavy atom. The van der Waals surface area contributed by atoms with Gasteiger partial charge in [0.1, 0.15) is 0 Å². The normalized spacial score (nSPS) is 13.0. The molecule has 0 rings (SSSR count). The van der Waals surface area contributed by atoms with Crippen molar-refractivity contribution in [3.05, 3.63) is 48.1 Å². The van der Waals surface area contributed by atoms with Gasteiger partial charge in [0.25, 0.3) is 0 Å². The Bertz CT molecular complexity index is 280. The van der Waals surface area contributed by atoms with E-state index in [1.54, 1.807) is 6.08 Å². The van der Waals surface area contributed by atoms with Crippen molar-refractivity contribution in [3.8, 4) is 12.3 Å². The molecule has 0 heterocycles. The molecule has 0 amide bonds. The maximum absolute atomic E-state index is 5.27. The van der Waals surface area contributed by atoms with Gasteiger partial charge in [0.2, 0.25) is 0 Å². The summed E-state index contributed by atoms with van der Waals surface area (Å²) in [5.41, 5.74) is 2.37. The number of terminal acetylenes is 1. The smallest absolute Gasteiger partial charge is 0.0340 e. The minimum Gasteiger partial charge on any atom is -0.120 e. The molecular formula is C13H16. The van der Waals surface area contributed by atoms with Crippen molar-refractivity contribution in [3.63, 3.8) is 0 Å². The first-order chi connectivity index (χ1) is 6.26. The fourth-order valence-electron chi connectivity index (χ4n) is 0.981. The van der Waals surface area contributed by atoms with Gasteiger partial charge in [-0.3, -0.25) is 0 Å². The van der Waals surface area contributed by atoms with Gasteiger partial charge in [0, 0.05) is 6.42 Å². The van der Waals surface area contributed by atoms with Crippen molar-refractivity contribution in [2.45, 2.75) is 20.3 Å². The van der Waals surface area contributed by atoms with Gasteiger partial charge in [-0.25, -0.2) is 0 Å². The van der Waals surface area contributed by atoms with Gasteiger partial charge in [-0.2, -0.15) is 0 Å². The molecule has 0 unspecified atom stereocenters. The molecule has 0 aromatic heterocycles. The van der Waals surface area contributed by atoms with Gasteiger partial charge >= 0.3 is 0 Å². The minimum absolute atomic E-state index is 0.667. The molecule has 0 N–H and O–H groups in total. The lowest BCUT2D eigenvalue weighted by molar-refractivity contribution is 1.27. The van der Waals surface area contributed by atoms with Crippen LogP contribution in [0.2, 0.25) is 0 Å². The average Bonchev–Trinajstić information content (AvgIpc) is 2.12. The van der Waals surface area contributed by atoms with Gasteiger partial charge in [-0.1, -0.05) is 37.0 Å². The minimum atomic E-state index is 0.667. The van der Waals surface area contributed by atoms with Gasteiger partial charge in [0.15, 0.2) is 0 Å². The second-order valence-corrected chi connectivity index (χ2v) is 2.68. The van der Waals surface area contributed by atoms with Crippen LogP contribution in [-0.2, 0) is 0 Å². The first-order valence-corrected chi connectivity index (χ1v) is 4.31. The van der Waals surface area contributed by atoms with Crippen molar-refractivity contribution in [2.75, 3.05) is 0 Å². The zero-order valence-corrected chi connectivity index (χ0v) is 8.38. The largest absolute Gasteiger partial charge is 0.120 e. The van der Waals surface area contributed by atoms with Crippen LogP contribution >= 0.6 is 0 Å². The molecule has 0 atom stereocenters. The summed E-state index contributed by atoms with van der Waals surface area (Å²) in [5.74, 6) is 2.64. The zero-order valence-electron chi connectivity index (χ0n) is 8.38. The molecule has 0 radical (unpaired) electrons. The summed E-state index contributed by atoms with van der Waals surface area (Å²) < 4.78 is 0. The highest BCUT2D eigenvalue weighted by molar-refractivity contribution is 5.35. The summed E-state index contributed by atoms with van der Waals surface area (Å²) in [6.45, 7) is 7.67. The van der Waals surface area contributed by atoms with Gasteiger partial charge in [0.05, 0.1) is 0 Å². The Morgan fingerprint density at radius 2 is 2.15 bits per heavy atom. The highest BCUT2D eigenvalue weighted by Crippen LogP contribution is 2.11. The molecule has 13 heavy (non-hydrogen) atoms. The quantitative estimate of drug-likeness (QED) is 0.448. The van der Waals surface area contributed by atoms with Crippen molar-refractivity contribution >= 4 is 0 Å². The Kier molecular flexibility index (Phi) is 6.37. The van der Waals surface area contributed by atoms with Crippen molar-refractivity contribution in [1.82, 2.24) is 0 Å². The van der Waals surface area contributed by atoms with E-state index in [9.17, 15) is 0 Å². The Morgan fingerprint density at radius 1 is 1.46 bits per heavy atom. The average molecular weight is 172 g/mol. The van der Waals surface area contributed by atoms with E-state index in [-0.39, 0.29) is 0 Å². The van der Waals surface area contributed by atoms with Crippen LogP contribution in [0.25, 0.3) is 0 Å². The third kappa shape index (κ3) is 4.87. The van der Waals surface area contributed by atoms with Crippen LogP contribution in [0.3, 0.4) is 0 Å². The summed E-state index contributed by atoms with van der Waals surface area (Å²) >= 11 is 0. The van der Waals surface area contributed by atoms with E-state index in [0.29, 0.717) is 6.42 Å². The van der Waals surface area contributed by atoms with E-state index in [2.05, 4.69) is 25.5 Å². The topological polar surface area (TPSA) is 0 Å². The first kappa shape index (κ1) is 11.5. The molecule has 0 nitrogen and oxygen atoms in total. The van der Waals surface area contributed by atoms with E-state index in [0.717, 1.165) is 0 Å². The zero-order chi connectivity index (χ0) is 10.1. The predicted octanol–water partition coefficient (Wildman–Crippen LogP) is 3.64. The molecular weight excluding hydrogens is 156 g/mol. The third-order valence-corrected chi connectivity index (χ3v) is 1.65. The molecule has 68 valence electrons. The van der Waals surface area contributed by atoms with Gasteiger partial charge < -0.3 is 0 Å². The van der Waals surface area contributed by atoms with Crippen LogP contribution in [0.4, 0.5) is 0 Å². The molecule has 0 aromatic carbocycles. The third-order valence-electron chi connectivity index (χ3n) is 1.65. The Balaban J connectivity index is 4.77. The number of hydrogen-bond donors (Lipinski definition) is 0. The van der Waals surface area contributed by atoms with Crippen LogP contribution in [-0.4, -0.2) is 0 Å². The van der Waals surface area contributed by atoms with Crippen LogP contribution in [0.15, 0.2) is 48.1 Å². The fourth-order valence-corrected chi connectivity index (χ4v) is 0.981. The number of allylic oxidation sites excluding steroid dienone is 7. The summed E-state index contributed by atoms with van der Waals surface area (Å²) in [4.78, 5) is 0. The molecule has 0 aliphatic rings. The Labute approximate surface area is 81.4 Å². The maximum atomic E-state index is 5.27. The molecule has 0 spiro atoms. The summed E-state index contributed by atoms with van der Waals surface area (Å²) in [6.07, 6.45) is 15.7. The second-order valence-electron chi connectivity index (χ2n) is 2.68. The highest BCUT2D eigenvalue weighted by atomic mass is 14.0. The lowest BCUT2D eigenvalue weighted by Gasteiger charge is -1.99. The lowest BCUT2D eigenvalue weighted by Crippen LogP contribution is -1.81. The molecule has 0 aromatic rings. The van der Waals surface area contributed by atoms with Gasteiger partial charge in [-0.05, 0) is 25.0 Å². The monoisotopic (exact) mass is 172 g/mol. The standard InChI is InChI=1S/C13H16/c1-5-8-11-13(10-7-3)12(4)9-6-2/h3,5-6,8-9,11H,1,10H2,2,4H3/b9-6-,11-8-,13-12+. The maximum Gasteiger partial charge on any atom is 0.0340 e. The van der Waals surface area contributed by atoms with E-state index in [1.165, 1.54) is 11.1 Å².